The van der Waals surface area contributed by atoms with E-state index in [2.05, 4.69) is 4.90 Å². The third kappa shape index (κ3) is 3.53. The van der Waals surface area contributed by atoms with Gasteiger partial charge in [0.1, 0.15) is 5.56 Å². The second-order valence-electron chi connectivity index (χ2n) is 9.30. The molecule has 0 spiro atoms. The van der Waals surface area contributed by atoms with Crippen molar-refractivity contribution in [2.45, 2.75) is 50.8 Å². The van der Waals surface area contributed by atoms with E-state index in [1.54, 1.807) is 4.57 Å². The number of fused-ring (bicyclic) bond motifs is 1. The van der Waals surface area contributed by atoms with Gasteiger partial charge in [0, 0.05) is 44.5 Å². The molecule has 2 aliphatic carbocycles. The lowest BCUT2D eigenvalue weighted by molar-refractivity contribution is -0.0520. The van der Waals surface area contributed by atoms with Crippen LogP contribution in [0.2, 0.25) is 0 Å². The Kier molecular flexibility index (Phi) is 5.00. The number of ether oxygens (including phenoxy) is 1. The Morgan fingerprint density at radius 3 is 2.52 bits per heavy atom. The van der Waals surface area contributed by atoms with Gasteiger partial charge in [0.15, 0.2) is 0 Å². The van der Waals surface area contributed by atoms with E-state index >= 15 is 0 Å². The fourth-order valence-electron chi connectivity index (χ4n) is 5.57. The first-order valence-electron chi connectivity index (χ1n) is 11.0. The Labute approximate surface area is 171 Å². The summed E-state index contributed by atoms with van der Waals surface area (Å²) in [7, 11) is 0. The van der Waals surface area contributed by atoms with Crippen LogP contribution in [0.4, 0.5) is 0 Å². The standard InChI is InChI=1S/C22H31N3O4/c1-14-4-5-25(17-2-3-17)22(28)20(14)21(27)24-12-15-10-18(19(26)11-16(15)13-24)23-6-8-29-9-7-23/h4-5,15-19,26H,2-3,6-13H2,1H3/t15-,16+,18-,19-/m1/s1. The van der Waals surface area contributed by atoms with E-state index in [1.807, 2.05) is 24.1 Å². The fraction of sp³-hybridized carbons (Fsp3) is 0.727. The predicted molar refractivity (Wildman–Crippen MR) is 108 cm³/mol. The molecule has 158 valence electrons. The monoisotopic (exact) mass is 401 g/mol. The van der Waals surface area contributed by atoms with E-state index in [9.17, 15) is 14.7 Å². The highest BCUT2D eigenvalue weighted by atomic mass is 16.5. The molecule has 2 saturated heterocycles. The number of pyridine rings is 1. The van der Waals surface area contributed by atoms with Gasteiger partial charge in [-0.25, -0.2) is 0 Å². The van der Waals surface area contributed by atoms with Crippen molar-refractivity contribution in [3.05, 3.63) is 33.7 Å². The molecular weight excluding hydrogens is 370 g/mol. The molecule has 1 aromatic heterocycles. The lowest BCUT2D eigenvalue weighted by Crippen LogP contribution is -2.53. The van der Waals surface area contributed by atoms with Gasteiger partial charge in [0.25, 0.3) is 11.5 Å². The van der Waals surface area contributed by atoms with Crippen molar-refractivity contribution in [3.8, 4) is 0 Å². The van der Waals surface area contributed by atoms with Crippen LogP contribution in [0.25, 0.3) is 0 Å². The molecule has 1 amide bonds. The van der Waals surface area contributed by atoms with E-state index in [0.717, 1.165) is 57.6 Å². The van der Waals surface area contributed by atoms with Crippen molar-refractivity contribution in [2.75, 3.05) is 39.4 Å². The zero-order chi connectivity index (χ0) is 20.1. The summed E-state index contributed by atoms with van der Waals surface area (Å²) in [6, 6.07) is 2.31. The molecule has 3 heterocycles. The van der Waals surface area contributed by atoms with Crippen LogP contribution in [0, 0.1) is 18.8 Å². The highest BCUT2D eigenvalue weighted by Gasteiger charge is 2.45. The highest BCUT2D eigenvalue weighted by Crippen LogP contribution is 2.39. The molecule has 5 rings (SSSR count). The minimum Gasteiger partial charge on any atom is -0.391 e. The van der Waals surface area contributed by atoms with Crippen LogP contribution in [-0.2, 0) is 4.74 Å². The van der Waals surface area contributed by atoms with Crippen molar-refractivity contribution in [1.82, 2.24) is 14.4 Å². The molecule has 7 nitrogen and oxygen atoms in total. The number of morpholine rings is 1. The molecule has 1 aromatic rings. The maximum atomic E-state index is 13.3. The molecule has 1 N–H and O–H groups in total. The molecule has 29 heavy (non-hydrogen) atoms. The summed E-state index contributed by atoms with van der Waals surface area (Å²) >= 11 is 0. The zero-order valence-corrected chi connectivity index (χ0v) is 17.1. The number of aliphatic hydroxyl groups is 1. The molecule has 4 fully saturated rings. The number of carbonyl (C=O) groups is 1. The van der Waals surface area contributed by atoms with Gasteiger partial charge in [0.05, 0.1) is 19.3 Å². The number of likely N-dealkylation sites (tertiary alicyclic amines) is 1. The Balaban J connectivity index is 1.32. The smallest absolute Gasteiger partial charge is 0.263 e. The third-order valence-corrected chi connectivity index (χ3v) is 7.39. The maximum absolute atomic E-state index is 13.3. The summed E-state index contributed by atoms with van der Waals surface area (Å²) < 4.78 is 7.19. The SMILES string of the molecule is Cc1ccn(C2CC2)c(=O)c1C(=O)N1C[C@H]2C[C@@H](N3CCOCC3)[C@H](O)C[C@H]2C1. The highest BCUT2D eigenvalue weighted by molar-refractivity contribution is 5.95. The molecule has 7 heteroatoms. The van der Waals surface area contributed by atoms with Crippen LogP contribution in [0.5, 0.6) is 0 Å². The Morgan fingerprint density at radius 2 is 1.83 bits per heavy atom. The number of aliphatic hydroxyl groups excluding tert-OH is 1. The molecule has 2 saturated carbocycles. The second-order valence-corrected chi connectivity index (χ2v) is 9.30. The number of aromatic nitrogens is 1. The van der Waals surface area contributed by atoms with E-state index in [4.69, 9.17) is 4.74 Å². The first-order valence-corrected chi connectivity index (χ1v) is 11.0. The van der Waals surface area contributed by atoms with Crippen molar-refractivity contribution in [3.63, 3.8) is 0 Å². The summed E-state index contributed by atoms with van der Waals surface area (Å²) in [5, 5.41) is 10.8. The Morgan fingerprint density at radius 1 is 1.14 bits per heavy atom. The third-order valence-electron chi connectivity index (χ3n) is 7.39. The normalized spacial score (nSPS) is 33.0. The maximum Gasteiger partial charge on any atom is 0.263 e. The lowest BCUT2D eigenvalue weighted by Gasteiger charge is -2.43. The average molecular weight is 402 g/mol. The summed E-state index contributed by atoms with van der Waals surface area (Å²) in [4.78, 5) is 30.5. The summed E-state index contributed by atoms with van der Waals surface area (Å²) in [6.07, 6.45) is 5.16. The number of hydrogen-bond acceptors (Lipinski definition) is 5. The van der Waals surface area contributed by atoms with Gasteiger partial charge < -0.3 is 19.3 Å². The molecule has 4 atom stereocenters. The van der Waals surface area contributed by atoms with Gasteiger partial charge in [-0.15, -0.1) is 0 Å². The summed E-state index contributed by atoms with van der Waals surface area (Å²) in [5.74, 6) is 0.583. The van der Waals surface area contributed by atoms with Gasteiger partial charge in [-0.05, 0) is 56.1 Å². The van der Waals surface area contributed by atoms with E-state index < -0.39 is 0 Å². The quantitative estimate of drug-likeness (QED) is 0.819. The van der Waals surface area contributed by atoms with E-state index in [1.165, 1.54) is 0 Å². The molecule has 0 bridgehead atoms. The van der Waals surface area contributed by atoms with Gasteiger partial charge in [-0.3, -0.25) is 14.5 Å². The van der Waals surface area contributed by atoms with Gasteiger partial charge in [-0.2, -0.15) is 0 Å². The minimum absolute atomic E-state index is 0.130. The first kappa shape index (κ1) is 19.3. The van der Waals surface area contributed by atoms with Crippen LogP contribution in [0.1, 0.15) is 47.6 Å². The van der Waals surface area contributed by atoms with Crippen molar-refractivity contribution in [2.24, 2.45) is 11.8 Å². The minimum atomic E-state index is -0.352. The van der Waals surface area contributed by atoms with Gasteiger partial charge in [0.2, 0.25) is 0 Å². The topological polar surface area (TPSA) is 75.0 Å². The first-order chi connectivity index (χ1) is 14.0. The van der Waals surface area contributed by atoms with Crippen molar-refractivity contribution >= 4 is 5.91 Å². The second kappa shape index (κ2) is 7.52. The van der Waals surface area contributed by atoms with Gasteiger partial charge in [-0.1, -0.05) is 0 Å². The molecule has 0 radical (unpaired) electrons. The number of aryl methyl sites for hydroxylation is 1. The Hall–Kier alpha value is -1.70. The van der Waals surface area contributed by atoms with Crippen LogP contribution in [0.15, 0.2) is 17.1 Å². The molecular formula is C22H31N3O4. The molecule has 2 aliphatic heterocycles. The van der Waals surface area contributed by atoms with Crippen molar-refractivity contribution < 1.29 is 14.6 Å². The van der Waals surface area contributed by atoms with Crippen LogP contribution < -0.4 is 5.56 Å². The number of hydrogen-bond donors (Lipinski definition) is 1. The summed E-state index contributed by atoms with van der Waals surface area (Å²) in [6.45, 7) is 6.37. The summed E-state index contributed by atoms with van der Waals surface area (Å²) in [5.41, 5.74) is 0.958. The number of rotatable bonds is 3. The van der Waals surface area contributed by atoms with Crippen LogP contribution >= 0.6 is 0 Å². The van der Waals surface area contributed by atoms with E-state index in [-0.39, 0.29) is 29.7 Å². The van der Waals surface area contributed by atoms with Crippen LogP contribution in [-0.4, -0.2) is 76.9 Å². The lowest BCUT2D eigenvalue weighted by atomic mass is 9.77. The van der Waals surface area contributed by atoms with Gasteiger partial charge >= 0.3 is 0 Å². The van der Waals surface area contributed by atoms with Crippen molar-refractivity contribution in [1.29, 1.82) is 0 Å². The molecule has 0 unspecified atom stereocenters. The largest absolute Gasteiger partial charge is 0.391 e. The fourth-order valence-corrected chi connectivity index (χ4v) is 5.57. The zero-order valence-electron chi connectivity index (χ0n) is 17.1. The average Bonchev–Trinajstić information content (AvgIpc) is 3.47. The Bertz CT molecular complexity index is 843. The molecule has 4 aliphatic rings. The number of carbonyl (C=O) groups excluding carboxylic acids is 1. The number of nitrogens with zero attached hydrogens (tertiary/aromatic N) is 3. The number of amides is 1. The molecule has 0 aromatic carbocycles. The van der Waals surface area contributed by atoms with Crippen LogP contribution in [0.3, 0.4) is 0 Å². The van der Waals surface area contributed by atoms with E-state index in [0.29, 0.717) is 30.5 Å². The predicted octanol–water partition coefficient (Wildman–Crippen LogP) is 1.04.